The monoisotopic (exact) mass is 666 g/mol. The number of carbonyl (C=O) groups is 3. The number of esters is 1. The van der Waals surface area contributed by atoms with Crippen molar-refractivity contribution in [3.05, 3.63) is 54.6 Å². The zero-order valence-corrected chi connectivity index (χ0v) is 26.5. The minimum Gasteiger partial charge on any atom is -0.465 e. The van der Waals surface area contributed by atoms with Gasteiger partial charge in [0, 0.05) is 40.5 Å². The Bertz CT molecular complexity index is 1120. The van der Waals surface area contributed by atoms with Gasteiger partial charge in [0.25, 0.3) is 5.91 Å². The van der Waals surface area contributed by atoms with Crippen LogP contribution in [0.1, 0.15) is 51.4 Å². The van der Waals surface area contributed by atoms with Crippen molar-refractivity contribution in [2.45, 2.75) is 72.2 Å². The number of ether oxygens (including phenoxy) is 1. The van der Waals surface area contributed by atoms with Gasteiger partial charge in [-0.1, -0.05) is 52.5 Å². The minimum absolute atomic E-state index is 0.0157. The highest BCUT2D eigenvalue weighted by atomic mass is 79.9. The average Bonchev–Trinajstić information content (AvgIpc) is 3.55. The number of allylic oxidation sites excluding steroid dienone is 1. The fourth-order valence-corrected chi connectivity index (χ4v) is 10.3. The molecule has 1 N–H and O–H groups in total. The summed E-state index contributed by atoms with van der Waals surface area (Å²) in [6.45, 7) is 8.74. The molecule has 3 unspecified atom stereocenters. The third-order valence-electron chi connectivity index (χ3n) is 8.37. The van der Waals surface area contributed by atoms with E-state index in [0.717, 1.165) is 32.1 Å². The van der Waals surface area contributed by atoms with Gasteiger partial charge in [0.2, 0.25) is 5.91 Å². The number of thioether (sulfide) groups is 1. The number of alkyl halides is 1. The summed E-state index contributed by atoms with van der Waals surface area (Å²) < 4.78 is 4.99. The number of hydrogen-bond donors (Lipinski definition) is 1. The van der Waals surface area contributed by atoms with E-state index < -0.39 is 22.6 Å². The molecule has 6 atom stereocenters. The van der Waals surface area contributed by atoms with Crippen molar-refractivity contribution < 1.29 is 24.2 Å². The van der Waals surface area contributed by atoms with E-state index in [-0.39, 0.29) is 41.0 Å². The van der Waals surface area contributed by atoms with Crippen LogP contribution >= 0.6 is 39.3 Å². The van der Waals surface area contributed by atoms with Crippen LogP contribution in [0.4, 0.5) is 5.69 Å². The molecule has 0 saturated carbocycles. The van der Waals surface area contributed by atoms with Gasteiger partial charge in [-0.15, -0.1) is 24.9 Å². The van der Waals surface area contributed by atoms with Crippen molar-refractivity contribution in [3.63, 3.8) is 0 Å². The minimum atomic E-state index is -0.740. The third kappa shape index (κ3) is 6.58. The summed E-state index contributed by atoms with van der Waals surface area (Å²) in [6, 6.07) is 6.35. The lowest BCUT2D eigenvalue weighted by Crippen LogP contribution is -2.55. The molecule has 3 aliphatic rings. The van der Waals surface area contributed by atoms with Crippen molar-refractivity contribution >= 4 is 62.8 Å². The number of halogens is 2. The molecule has 4 rings (SSSR count). The number of anilines is 1. The van der Waals surface area contributed by atoms with Crippen molar-refractivity contribution in [1.82, 2.24) is 4.90 Å². The van der Waals surface area contributed by atoms with Gasteiger partial charge < -0.3 is 19.6 Å². The SMILES string of the molecule is C=CCCCCOC(=O)[C@H]1[C@@H]2SC3(CC2Br)C(C(=O)N(CC=C)c2ccc(Cl)cc2)N(CCCCCCO)C(=O)[C@H]13. The van der Waals surface area contributed by atoms with Crippen LogP contribution in [0.15, 0.2) is 49.6 Å². The summed E-state index contributed by atoms with van der Waals surface area (Å²) in [7, 11) is 0. The van der Waals surface area contributed by atoms with E-state index in [9.17, 15) is 19.5 Å². The van der Waals surface area contributed by atoms with E-state index in [2.05, 4.69) is 29.1 Å². The van der Waals surface area contributed by atoms with E-state index >= 15 is 0 Å². The zero-order chi connectivity index (χ0) is 29.6. The molecule has 0 aliphatic carbocycles. The lowest BCUT2D eigenvalue weighted by atomic mass is 9.71. The van der Waals surface area contributed by atoms with E-state index in [1.807, 2.05) is 6.08 Å². The lowest BCUT2D eigenvalue weighted by molar-refractivity contribution is -0.154. The van der Waals surface area contributed by atoms with Crippen LogP contribution in [0.3, 0.4) is 0 Å². The quantitative estimate of drug-likeness (QED) is 0.104. The highest BCUT2D eigenvalue weighted by Crippen LogP contribution is 2.68. The van der Waals surface area contributed by atoms with Crippen molar-refractivity contribution in [1.29, 1.82) is 0 Å². The van der Waals surface area contributed by atoms with Gasteiger partial charge in [0.1, 0.15) is 6.04 Å². The number of nitrogens with zero attached hydrogens (tertiary/aromatic N) is 2. The van der Waals surface area contributed by atoms with E-state index in [1.54, 1.807) is 51.9 Å². The van der Waals surface area contributed by atoms with Crippen LogP contribution in [0.25, 0.3) is 0 Å². The maximum absolute atomic E-state index is 14.6. The number of benzene rings is 1. The summed E-state index contributed by atoms with van der Waals surface area (Å²) in [5.74, 6) is -1.88. The molecular formula is C31H40BrClN2O5S. The van der Waals surface area contributed by atoms with Crippen LogP contribution < -0.4 is 4.90 Å². The highest BCUT2D eigenvalue weighted by molar-refractivity contribution is 9.09. The summed E-state index contributed by atoms with van der Waals surface area (Å²) in [4.78, 5) is 45.7. The van der Waals surface area contributed by atoms with Crippen molar-refractivity contribution in [3.8, 4) is 0 Å². The predicted octanol–water partition coefficient (Wildman–Crippen LogP) is 5.78. The van der Waals surface area contributed by atoms with Gasteiger partial charge >= 0.3 is 5.97 Å². The first-order chi connectivity index (χ1) is 19.8. The van der Waals surface area contributed by atoms with E-state index in [0.29, 0.717) is 43.1 Å². The van der Waals surface area contributed by atoms with Crippen LogP contribution in [0.5, 0.6) is 0 Å². The van der Waals surface area contributed by atoms with Gasteiger partial charge in [-0.2, -0.15) is 0 Å². The molecule has 1 aromatic carbocycles. The molecule has 0 radical (unpaired) electrons. The van der Waals surface area contributed by atoms with Crippen LogP contribution in [-0.2, 0) is 19.1 Å². The number of aliphatic hydroxyl groups is 1. The molecule has 41 heavy (non-hydrogen) atoms. The number of rotatable bonds is 16. The van der Waals surface area contributed by atoms with Crippen LogP contribution in [-0.4, -0.2) is 75.0 Å². The summed E-state index contributed by atoms with van der Waals surface area (Å²) in [5, 5.41) is 9.60. The van der Waals surface area contributed by atoms with Gasteiger partial charge in [-0.05, 0) is 62.8 Å². The standard InChI is InChI=1S/C31H40BrClN2O5S/c1-3-5-6-11-19-40-30(39)24-25-28(37)35(17-9-7-8-10-18-36)27(31(25)20-23(32)26(24)41-31)29(38)34(16-4-2)22-14-12-21(33)13-15-22/h3-4,12-15,23-27,36H,1-2,5-11,16-20H2/t23?,24-,25+,26-,27?,31?/m1/s1. The Morgan fingerprint density at radius 2 is 1.88 bits per heavy atom. The normalized spacial score (nSPS) is 28.0. The molecule has 10 heteroatoms. The smallest absolute Gasteiger partial charge is 0.310 e. The topological polar surface area (TPSA) is 87.2 Å². The first-order valence-electron chi connectivity index (χ1n) is 14.5. The largest absolute Gasteiger partial charge is 0.465 e. The Balaban J connectivity index is 1.65. The summed E-state index contributed by atoms with van der Waals surface area (Å²) >= 11 is 11.6. The summed E-state index contributed by atoms with van der Waals surface area (Å²) in [5.41, 5.74) is 0.679. The second-order valence-corrected chi connectivity index (χ2v) is 14.2. The molecule has 0 aromatic heterocycles. The van der Waals surface area contributed by atoms with Gasteiger partial charge in [0.15, 0.2) is 0 Å². The number of aliphatic hydroxyl groups excluding tert-OH is 1. The molecule has 7 nitrogen and oxygen atoms in total. The second kappa shape index (κ2) is 14.6. The molecule has 3 fully saturated rings. The van der Waals surface area contributed by atoms with Crippen LogP contribution in [0.2, 0.25) is 5.02 Å². The third-order valence-corrected chi connectivity index (χ3v) is 11.8. The van der Waals surface area contributed by atoms with Crippen molar-refractivity contribution in [2.75, 3.05) is 31.2 Å². The first-order valence-corrected chi connectivity index (χ1v) is 16.7. The Kier molecular flexibility index (Phi) is 11.4. The molecule has 2 amide bonds. The van der Waals surface area contributed by atoms with E-state index in [4.69, 9.17) is 16.3 Å². The molecule has 3 heterocycles. The van der Waals surface area contributed by atoms with Crippen LogP contribution in [0, 0.1) is 11.8 Å². The average molecular weight is 668 g/mol. The molecule has 1 spiro atoms. The number of carbonyl (C=O) groups excluding carboxylic acids is 3. The molecule has 3 saturated heterocycles. The second-order valence-electron chi connectivity index (χ2n) is 11.0. The van der Waals surface area contributed by atoms with Gasteiger partial charge in [-0.25, -0.2) is 0 Å². The van der Waals surface area contributed by atoms with E-state index in [1.165, 1.54) is 0 Å². The van der Waals surface area contributed by atoms with Crippen molar-refractivity contribution in [2.24, 2.45) is 11.8 Å². The molecular weight excluding hydrogens is 628 g/mol. The Morgan fingerprint density at radius 3 is 2.56 bits per heavy atom. The number of amides is 2. The Labute approximate surface area is 260 Å². The van der Waals surface area contributed by atoms with Gasteiger partial charge in [-0.3, -0.25) is 14.4 Å². The maximum atomic E-state index is 14.6. The highest BCUT2D eigenvalue weighted by Gasteiger charge is 2.76. The molecule has 3 aliphatic heterocycles. The zero-order valence-electron chi connectivity index (χ0n) is 23.4. The lowest BCUT2D eigenvalue weighted by Gasteiger charge is -2.37. The number of likely N-dealkylation sites (tertiary alicyclic amines) is 1. The van der Waals surface area contributed by atoms with Gasteiger partial charge in [0.05, 0.1) is 23.2 Å². The fraction of sp³-hybridized carbons (Fsp3) is 0.581. The number of fused-ring (bicyclic) bond motifs is 1. The maximum Gasteiger partial charge on any atom is 0.310 e. The molecule has 224 valence electrons. The number of hydrogen-bond acceptors (Lipinski definition) is 6. The number of unbranched alkanes of at least 4 members (excludes halogenated alkanes) is 5. The molecule has 2 bridgehead atoms. The first kappa shape index (κ1) is 32.1. The predicted molar refractivity (Wildman–Crippen MR) is 168 cm³/mol. The summed E-state index contributed by atoms with van der Waals surface area (Å²) in [6.07, 6.45) is 9.72. The molecule has 1 aromatic rings. The Hall–Kier alpha value is -1.81. The fourth-order valence-electron chi connectivity index (χ4n) is 6.55. The Morgan fingerprint density at radius 1 is 1.15 bits per heavy atom.